The third kappa shape index (κ3) is 5.22. The van der Waals surface area contributed by atoms with Crippen LogP contribution in [0.4, 0.5) is 0 Å². The fraction of sp³-hybridized carbons (Fsp3) is 0.116. The molecule has 0 aromatic heterocycles. The molecule has 0 fully saturated rings. The number of aryl methyl sites for hydroxylation is 4. The summed E-state index contributed by atoms with van der Waals surface area (Å²) in [6.45, 7) is 7.92. The molecule has 7 rings (SSSR count). The monoisotopic (exact) mass is 614 g/mol. The Balaban J connectivity index is 1.33. The van der Waals surface area contributed by atoms with Crippen LogP contribution in [0.25, 0.3) is 11.1 Å². The van der Waals surface area contributed by atoms with Crippen molar-refractivity contribution in [3.63, 3.8) is 0 Å². The van der Waals surface area contributed by atoms with Crippen molar-refractivity contribution in [3.8, 4) is 22.6 Å². The van der Waals surface area contributed by atoms with E-state index in [4.69, 9.17) is 9.47 Å². The van der Waals surface area contributed by atoms with Gasteiger partial charge in [-0.15, -0.1) is 0 Å². The number of hydrogen-bond donors (Lipinski definition) is 0. The zero-order valence-electron chi connectivity index (χ0n) is 26.8. The normalized spacial score (nSPS) is 12.6. The van der Waals surface area contributed by atoms with E-state index >= 15 is 0 Å². The number of carbonyl (C=O) groups is 2. The van der Waals surface area contributed by atoms with Gasteiger partial charge in [0.2, 0.25) is 0 Å². The molecule has 0 spiro atoms. The molecule has 6 aromatic carbocycles. The third-order valence-electron chi connectivity index (χ3n) is 9.15. The standard InChI is InChI=1S/C43H34O4/c1-27-13-17-31(18-14-27)41(44)46-39-23-21-33(25-29(39)3)43(37-11-7-5-9-35(37)36-10-6-8-12-38(36)43)34-22-24-40(30(4)26-34)47-42(45)32-19-15-28(2)16-20-32/h5-26H,1-4H3. The minimum atomic E-state index is -0.665. The van der Waals surface area contributed by atoms with Crippen molar-refractivity contribution >= 4 is 11.9 Å². The number of rotatable bonds is 6. The highest BCUT2D eigenvalue weighted by Crippen LogP contribution is 2.56. The molecular weight excluding hydrogens is 580 g/mol. The second-order valence-corrected chi connectivity index (χ2v) is 12.3. The lowest BCUT2D eigenvalue weighted by Gasteiger charge is -2.34. The fourth-order valence-corrected chi connectivity index (χ4v) is 6.71. The number of hydrogen-bond acceptors (Lipinski definition) is 4. The molecule has 47 heavy (non-hydrogen) atoms. The Morgan fingerprint density at radius 1 is 0.468 bits per heavy atom. The van der Waals surface area contributed by atoms with Crippen LogP contribution >= 0.6 is 0 Å². The molecule has 1 aliphatic rings. The molecule has 4 nitrogen and oxygen atoms in total. The van der Waals surface area contributed by atoms with E-state index in [1.54, 1.807) is 24.3 Å². The van der Waals surface area contributed by atoms with E-state index < -0.39 is 17.4 Å². The molecular formula is C43H34O4. The zero-order chi connectivity index (χ0) is 32.7. The molecule has 0 amide bonds. The molecule has 0 atom stereocenters. The Labute approximate surface area is 275 Å². The van der Waals surface area contributed by atoms with E-state index in [0.29, 0.717) is 22.6 Å². The summed E-state index contributed by atoms with van der Waals surface area (Å²) < 4.78 is 11.8. The minimum absolute atomic E-state index is 0.390. The largest absolute Gasteiger partial charge is 0.423 e. The fourth-order valence-electron chi connectivity index (χ4n) is 6.71. The van der Waals surface area contributed by atoms with Crippen LogP contribution < -0.4 is 9.47 Å². The van der Waals surface area contributed by atoms with Gasteiger partial charge in [-0.3, -0.25) is 0 Å². The molecule has 0 bridgehead atoms. The average molecular weight is 615 g/mol. The lowest BCUT2D eigenvalue weighted by Crippen LogP contribution is -2.29. The molecule has 0 radical (unpaired) electrons. The summed E-state index contributed by atoms with van der Waals surface area (Å²) in [5, 5.41) is 0. The van der Waals surface area contributed by atoms with Gasteiger partial charge >= 0.3 is 11.9 Å². The predicted octanol–water partition coefficient (Wildman–Crippen LogP) is 9.72. The van der Waals surface area contributed by atoms with Gasteiger partial charge in [-0.2, -0.15) is 0 Å². The highest BCUT2D eigenvalue weighted by atomic mass is 16.5. The number of fused-ring (bicyclic) bond motifs is 3. The first kappa shape index (κ1) is 29.9. The van der Waals surface area contributed by atoms with Gasteiger partial charge in [0.15, 0.2) is 0 Å². The Hall–Kier alpha value is -5.74. The van der Waals surface area contributed by atoms with Crippen LogP contribution in [0.1, 0.15) is 65.2 Å². The Bertz CT molecular complexity index is 2000. The van der Waals surface area contributed by atoms with Crippen molar-refractivity contribution in [2.24, 2.45) is 0 Å². The summed E-state index contributed by atoms with van der Waals surface area (Å²) in [6.07, 6.45) is 0. The van der Waals surface area contributed by atoms with Gasteiger partial charge in [0.25, 0.3) is 0 Å². The van der Waals surface area contributed by atoms with E-state index in [0.717, 1.165) is 44.5 Å². The van der Waals surface area contributed by atoms with Crippen LogP contribution in [-0.4, -0.2) is 11.9 Å². The van der Waals surface area contributed by atoms with Crippen molar-refractivity contribution in [1.29, 1.82) is 0 Å². The van der Waals surface area contributed by atoms with Crippen LogP contribution in [0.5, 0.6) is 11.5 Å². The van der Waals surface area contributed by atoms with Crippen LogP contribution in [0.2, 0.25) is 0 Å². The minimum Gasteiger partial charge on any atom is -0.423 e. The van der Waals surface area contributed by atoms with Crippen molar-refractivity contribution in [3.05, 3.63) is 189 Å². The highest BCUT2D eigenvalue weighted by molar-refractivity contribution is 5.92. The predicted molar refractivity (Wildman–Crippen MR) is 185 cm³/mol. The molecule has 0 N–H and O–H groups in total. The first-order valence-corrected chi connectivity index (χ1v) is 15.7. The van der Waals surface area contributed by atoms with Gasteiger partial charge in [-0.1, -0.05) is 108 Å². The zero-order valence-corrected chi connectivity index (χ0v) is 26.8. The summed E-state index contributed by atoms with van der Waals surface area (Å²) in [7, 11) is 0. The van der Waals surface area contributed by atoms with Crippen molar-refractivity contribution in [1.82, 2.24) is 0 Å². The maximum absolute atomic E-state index is 13.0. The third-order valence-corrected chi connectivity index (χ3v) is 9.15. The average Bonchev–Trinajstić information content (AvgIpc) is 3.38. The smallest absolute Gasteiger partial charge is 0.343 e. The van der Waals surface area contributed by atoms with Crippen LogP contribution in [0.3, 0.4) is 0 Å². The summed E-state index contributed by atoms with van der Waals surface area (Å²) in [5.74, 6) is 0.254. The van der Waals surface area contributed by atoms with Crippen molar-refractivity contribution in [2.45, 2.75) is 33.1 Å². The van der Waals surface area contributed by atoms with Crippen LogP contribution in [-0.2, 0) is 5.41 Å². The van der Waals surface area contributed by atoms with Crippen molar-refractivity contribution in [2.75, 3.05) is 0 Å². The van der Waals surface area contributed by atoms with Gasteiger partial charge in [-0.25, -0.2) is 9.59 Å². The molecule has 4 heteroatoms. The van der Waals surface area contributed by atoms with Gasteiger partial charge < -0.3 is 9.47 Å². The number of esters is 2. The number of carbonyl (C=O) groups excluding carboxylic acids is 2. The van der Waals surface area contributed by atoms with Gasteiger partial charge in [0.1, 0.15) is 11.5 Å². The molecule has 0 aliphatic heterocycles. The van der Waals surface area contributed by atoms with E-state index in [9.17, 15) is 9.59 Å². The first-order valence-electron chi connectivity index (χ1n) is 15.7. The molecule has 0 saturated carbocycles. The number of ether oxygens (including phenoxy) is 2. The Morgan fingerprint density at radius 2 is 0.851 bits per heavy atom. The molecule has 0 unspecified atom stereocenters. The van der Waals surface area contributed by atoms with Crippen molar-refractivity contribution < 1.29 is 19.1 Å². The van der Waals surface area contributed by atoms with Gasteiger partial charge in [-0.05, 0) is 109 Å². The van der Waals surface area contributed by atoms with Gasteiger partial charge in [0.05, 0.1) is 16.5 Å². The van der Waals surface area contributed by atoms with E-state index in [1.807, 2.05) is 64.1 Å². The molecule has 0 saturated heterocycles. The summed E-state index contributed by atoms with van der Waals surface area (Å²) in [4.78, 5) is 26.0. The van der Waals surface area contributed by atoms with E-state index in [2.05, 4.69) is 72.8 Å². The first-order chi connectivity index (χ1) is 22.8. The highest BCUT2D eigenvalue weighted by Gasteiger charge is 2.46. The summed E-state index contributed by atoms with van der Waals surface area (Å²) in [6, 6.07) is 43.9. The van der Waals surface area contributed by atoms with Crippen LogP contribution in [0, 0.1) is 27.7 Å². The Kier molecular flexibility index (Phi) is 7.57. The Morgan fingerprint density at radius 3 is 1.23 bits per heavy atom. The lowest BCUT2D eigenvalue weighted by atomic mass is 9.67. The number of benzene rings is 6. The van der Waals surface area contributed by atoms with E-state index in [-0.39, 0.29) is 0 Å². The van der Waals surface area contributed by atoms with E-state index in [1.165, 1.54) is 11.1 Å². The maximum Gasteiger partial charge on any atom is 0.343 e. The SMILES string of the molecule is Cc1ccc(C(=O)Oc2ccc(C3(c4ccc(OC(=O)c5ccc(C)cc5)c(C)c4)c4ccccc4-c4ccccc43)cc2C)cc1. The second-order valence-electron chi connectivity index (χ2n) is 12.3. The summed E-state index contributed by atoms with van der Waals surface area (Å²) >= 11 is 0. The lowest BCUT2D eigenvalue weighted by molar-refractivity contribution is 0.0724. The van der Waals surface area contributed by atoms with Gasteiger partial charge in [0, 0.05) is 0 Å². The molecule has 6 aromatic rings. The second kappa shape index (κ2) is 11.9. The molecule has 230 valence electrons. The quantitative estimate of drug-likeness (QED) is 0.138. The topological polar surface area (TPSA) is 52.6 Å². The maximum atomic E-state index is 13.0. The molecule has 1 aliphatic carbocycles. The van der Waals surface area contributed by atoms with Crippen LogP contribution in [0.15, 0.2) is 133 Å². The molecule has 0 heterocycles. The summed E-state index contributed by atoms with van der Waals surface area (Å²) in [5.41, 5.74) is 11.0.